The SMILES string of the molecule is CCCC(N)c1cc2nc(C)ccc2o1. The summed E-state index contributed by atoms with van der Waals surface area (Å²) < 4.78 is 5.65. The van der Waals surface area contributed by atoms with E-state index in [-0.39, 0.29) is 6.04 Å². The molecule has 2 rings (SSSR count). The molecule has 0 aliphatic rings. The first-order chi connectivity index (χ1) is 7.20. The second-order valence-electron chi connectivity index (χ2n) is 3.88. The maximum Gasteiger partial charge on any atom is 0.152 e. The zero-order valence-electron chi connectivity index (χ0n) is 9.16. The maximum absolute atomic E-state index is 5.99. The van der Waals surface area contributed by atoms with Crippen LogP contribution in [-0.4, -0.2) is 4.98 Å². The Balaban J connectivity index is 2.38. The molecule has 0 aliphatic heterocycles. The monoisotopic (exact) mass is 204 g/mol. The van der Waals surface area contributed by atoms with Crippen LogP contribution in [0.15, 0.2) is 22.6 Å². The molecule has 0 fully saturated rings. The van der Waals surface area contributed by atoms with Crippen molar-refractivity contribution in [3.8, 4) is 0 Å². The number of nitrogens with two attached hydrogens (primary N) is 1. The van der Waals surface area contributed by atoms with Crippen LogP contribution in [0.5, 0.6) is 0 Å². The fraction of sp³-hybridized carbons (Fsp3) is 0.417. The van der Waals surface area contributed by atoms with Crippen molar-refractivity contribution in [2.75, 3.05) is 0 Å². The van der Waals surface area contributed by atoms with Gasteiger partial charge >= 0.3 is 0 Å². The van der Waals surface area contributed by atoms with E-state index in [1.54, 1.807) is 0 Å². The Kier molecular flexibility index (Phi) is 2.73. The number of fused-ring (bicyclic) bond motifs is 1. The number of hydrogen-bond donors (Lipinski definition) is 1. The highest BCUT2D eigenvalue weighted by Gasteiger charge is 2.11. The molecule has 0 saturated heterocycles. The van der Waals surface area contributed by atoms with E-state index in [0.29, 0.717) is 0 Å². The van der Waals surface area contributed by atoms with Crippen LogP contribution in [0.3, 0.4) is 0 Å². The third-order valence-electron chi connectivity index (χ3n) is 2.50. The first-order valence-corrected chi connectivity index (χ1v) is 5.33. The van der Waals surface area contributed by atoms with Gasteiger partial charge in [0.1, 0.15) is 11.3 Å². The molecule has 0 aliphatic carbocycles. The Morgan fingerprint density at radius 2 is 2.27 bits per heavy atom. The van der Waals surface area contributed by atoms with Crippen LogP contribution >= 0.6 is 0 Å². The van der Waals surface area contributed by atoms with Gasteiger partial charge in [0.05, 0.1) is 6.04 Å². The Bertz CT molecular complexity index is 462. The van der Waals surface area contributed by atoms with Gasteiger partial charge in [0.25, 0.3) is 0 Å². The third-order valence-corrected chi connectivity index (χ3v) is 2.50. The summed E-state index contributed by atoms with van der Waals surface area (Å²) in [6, 6.07) is 5.83. The van der Waals surface area contributed by atoms with Crippen LogP contribution in [0.4, 0.5) is 0 Å². The van der Waals surface area contributed by atoms with Crippen molar-refractivity contribution in [1.82, 2.24) is 4.98 Å². The van der Waals surface area contributed by atoms with Crippen LogP contribution in [0.1, 0.15) is 37.3 Å². The number of hydrogen-bond acceptors (Lipinski definition) is 3. The lowest BCUT2D eigenvalue weighted by molar-refractivity contribution is 0.475. The molecule has 15 heavy (non-hydrogen) atoms. The van der Waals surface area contributed by atoms with Gasteiger partial charge in [-0.1, -0.05) is 13.3 Å². The molecule has 2 N–H and O–H groups in total. The highest BCUT2D eigenvalue weighted by Crippen LogP contribution is 2.23. The smallest absolute Gasteiger partial charge is 0.152 e. The van der Waals surface area contributed by atoms with Crippen molar-refractivity contribution < 1.29 is 4.42 Å². The Hall–Kier alpha value is -1.35. The summed E-state index contributed by atoms with van der Waals surface area (Å²) in [7, 11) is 0. The van der Waals surface area contributed by atoms with Crippen molar-refractivity contribution in [2.45, 2.75) is 32.7 Å². The van der Waals surface area contributed by atoms with E-state index in [9.17, 15) is 0 Å². The summed E-state index contributed by atoms with van der Waals surface area (Å²) in [5.74, 6) is 0.838. The number of rotatable bonds is 3. The van der Waals surface area contributed by atoms with E-state index in [0.717, 1.165) is 35.4 Å². The largest absolute Gasteiger partial charge is 0.458 e. The highest BCUT2D eigenvalue weighted by molar-refractivity contribution is 5.73. The molecular formula is C12H16N2O. The third kappa shape index (κ3) is 2.02. The predicted octanol–water partition coefficient (Wildman–Crippen LogP) is 2.94. The van der Waals surface area contributed by atoms with E-state index < -0.39 is 0 Å². The summed E-state index contributed by atoms with van der Waals surface area (Å²) in [4.78, 5) is 4.39. The summed E-state index contributed by atoms with van der Waals surface area (Å²) in [6.45, 7) is 4.09. The van der Waals surface area contributed by atoms with Crippen LogP contribution in [-0.2, 0) is 0 Å². The summed E-state index contributed by atoms with van der Waals surface area (Å²) in [5.41, 5.74) is 8.71. The van der Waals surface area contributed by atoms with Crippen molar-refractivity contribution in [1.29, 1.82) is 0 Å². The number of pyridine rings is 1. The van der Waals surface area contributed by atoms with Gasteiger partial charge in [-0.2, -0.15) is 0 Å². The lowest BCUT2D eigenvalue weighted by Crippen LogP contribution is -2.08. The first-order valence-electron chi connectivity index (χ1n) is 5.33. The zero-order valence-corrected chi connectivity index (χ0v) is 9.16. The van der Waals surface area contributed by atoms with Gasteiger partial charge in [0.15, 0.2) is 5.58 Å². The van der Waals surface area contributed by atoms with E-state index >= 15 is 0 Å². The number of nitrogens with zero attached hydrogens (tertiary/aromatic N) is 1. The van der Waals surface area contributed by atoms with Gasteiger partial charge in [0.2, 0.25) is 0 Å². The number of furan rings is 1. The fourth-order valence-electron chi connectivity index (χ4n) is 1.68. The molecule has 80 valence electrons. The molecule has 0 saturated carbocycles. The Morgan fingerprint density at radius 3 is 3.00 bits per heavy atom. The molecule has 3 nitrogen and oxygen atoms in total. The van der Waals surface area contributed by atoms with E-state index in [1.165, 1.54) is 0 Å². The van der Waals surface area contributed by atoms with E-state index in [4.69, 9.17) is 10.2 Å². The van der Waals surface area contributed by atoms with Crippen molar-refractivity contribution in [3.63, 3.8) is 0 Å². The van der Waals surface area contributed by atoms with Gasteiger partial charge in [-0.05, 0) is 25.5 Å². The molecule has 0 bridgehead atoms. The minimum absolute atomic E-state index is 0.00972. The first kappa shape index (κ1) is 10.2. The van der Waals surface area contributed by atoms with Crippen molar-refractivity contribution in [2.24, 2.45) is 5.73 Å². The normalized spacial score (nSPS) is 13.3. The van der Waals surface area contributed by atoms with Crippen molar-refractivity contribution >= 4 is 11.1 Å². The van der Waals surface area contributed by atoms with Crippen molar-refractivity contribution in [3.05, 3.63) is 29.7 Å². The van der Waals surface area contributed by atoms with Crippen LogP contribution in [0.2, 0.25) is 0 Å². The Morgan fingerprint density at radius 1 is 1.47 bits per heavy atom. The molecule has 2 aromatic heterocycles. The molecular weight excluding hydrogens is 188 g/mol. The second-order valence-corrected chi connectivity index (χ2v) is 3.88. The number of aryl methyl sites for hydroxylation is 1. The standard InChI is InChI=1S/C12H16N2O/c1-3-4-9(13)12-7-10-11(15-12)6-5-8(2)14-10/h5-7,9H,3-4,13H2,1-2H3. The molecule has 0 spiro atoms. The van der Waals surface area contributed by atoms with E-state index in [1.807, 2.05) is 25.1 Å². The molecule has 0 amide bonds. The average Bonchev–Trinajstić information content (AvgIpc) is 2.60. The maximum atomic E-state index is 5.99. The number of aromatic nitrogens is 1. The van der Waals surface area contributed by atoms with Crippen LogP contribution in [0.25, 0.3) is 11.1 Å². The lowest BCUT2D eigenvalue weighted by Gasteiger charge is -2.04. The Labute approximate surface area is 89.3 Å². The minimum atomic E-state index is -0.00972. The highest BCUT2D eigenvalue weighted by atomic mass is 16.3. The molecule has 2 aromatic rings. The van der Waals surface area contributed by atoms with Gasteiger partial charge < -0.3 is 10.2 Å². The molecule has 1 atom stereocenters. The average molecular weight is 204 g/mol. The summed E-state index contributed by atoms with van der Waals surface area (Å²) in [6.07, 6.45) is 2.00. The van der Waals surface area contributed by atoms with Gasteiger partial charge in [0, 0.05) is 11.8 Å². The molecule has 1 unspecified atom stereocenters. The second kappa shape index (κ2) is 4.03. The minimum Gasteiger partial charge on any atom is -0.458 e. The van der Waals surface area contributed by atoms with Crippen LogP contribution in [0, 0.1) is 6.92 Å². The summed E-state index contributed by atoms with van der Waals surface area (Å²) in [5, 5.41) is 0. The molecule has 0 aromatic carbocycles. The summed E-state index contributed by atoms with van der Waals surface area (Å²) >= 11 is 0. The quantitative estimate of drug-likeness (QED) is 0.836. The predicted molar refractivity (Wildman–Crippen MR) is 60.6 cm³/mol. The van der Waals surface area contributed by atoms with Gasteiger partial charge in [-0.15, -0.1) is 0 Å². The van der Waals surface area contributed by atoms with Gasteiger partial charge in [-0.25, -0.2) is 4.98 Å². The molecule has 2 heterocycles. The van der Waals surface area contributed by atoms with E-state index in [2.05, 4.69) is 11.9 Å². The topological polar surface area (TPSA) is 52.0 Å². The lowest BCUT2D eigenvalue weighted by atomic mass is 10.1. The van der Waals surface area contributed by atoms with Gasteiger partial charge in [-0.3, -0.25) is 0 Å². The van der Waals surface area contributed by atoms with Crippen LogP contribution < -0.4 is 5.73 Å². The zero-order chi connectivity index (χ0) is 10.8. The molecule has 3 heteroatoms. The fourth-order valence-corrected chi connectivity index (χ4v) is 1.68. The molecule has 0 radical (unpaired) electrons.